The third-order valence-electron chi connectivity index (χ3n) is 2.91. The molecule has 1 aromatic carbocycles. The summed E-state index contributed by atoms with van der Waals surface area (Å²) in [6.45, 7) is 7.58. The first-order chi connectivity index (χ1) is 8.16. The van der Waals surface area contributed by atoms with Gasteiger partial charge in [0.1, 0.15) is 0 Å². The second-order valence-electron chi connectivity index (χ2n) is 4.20. The first kappa shape index (κ1) is 12.3. The molecule has 0 bridgehead atoms. The number of nitrogens with zero attached hydrogens (tertiary/aromatic N) is 2. The third-order valence-corrected chi connectivity index (χ3v) is 3.34. The van der Waals surface area contributed by atoms with Crippen LogP contribution >= 0.6 is 15.9 Å². The van der Waals surface area contributed by atoms with Gasteiger partial charge in [-0.2, -0.15) is 0 Å². The number of benzene rings is 1. The maximum Gasteiger partial charge on any atom is 0.169 e. The van der Waals surface area contributed by atoms with Crippen LogP contribution < -0.4 is 0 Å². The Kier molecular flexibility index (Phi) is 3.97. The van der Waals surface area contributed by atoms with E-state index in [1.165, 1.54) is 5.56 Å². The highest BCUT2D eigenvalue weighted by atomic mass is 79.9. The number of rotatable bonds is 2. The van der Waals surface area contributed by atoms with Crippen LogP contribution in [0.2, 0.25) is 0 Å². The first-order valence-corrected chi connectivity index (χ1v) is 6.42. The Morgan fingerprint density at radius 3 is 2.59 bits per heavy atom. The molecule has 0 amide bonds. The van der Waals surface area contributed by atoms with Crippen LogP contribution in [0.5, 0.6) is 0 Å². The largest absolute Gasteiger partial charge is 0.323 e. The zero-order valence-electron chi connectivity index (χ0n) is 9.69. The molecule has 0 spiro atoms. The highest BCUT2D eigenvalue weighted by molar-refractivity contribution is 9.18. The molecule has 0 unspecified atom stereocenters. The van der Waals surface area contributed by atoms with E-state index in [9.17, 15) is 0 Å². The van der Waals surface area contributed by atoms with Gasteiger partial charge in [-0.05, 0) is 21.5 Å². The van der Waals surface area contributed by atoms with E-state index in [1.54, 1.807) is 0 Å². The minimum Gasteiger partial charge on any atom is -0.323 e. The van der Waals surface area contributed by atoms with Gasteiger partial charge in [0, 0.05) is 31.9 Å². The molecule has 3 nitrogen and oxygen atoms in total. The molecule has 0 radical (unpaired) electrons. The second-order valence-corrected chi connectivity index (χ2v) is 4.96. The van der Waals surface area contributed by atoms with Gasteiger partial charge in [-0.3, -0.25) is 10.3 Å². The van der Waals surface area contributed by atoms with Crippen LogP contribution in [0, 0.1) is 5.41 Å². The smallest absolute Gasteiger partial charge is 0.169 e. The molecule has 4 heteroatoms. The van der Waals surface area contributed by atoms with Gasteiger partial charge in [0.25, 0.3) is 0 Å². The topological polar surface area (TPSA) is 30.3 Å². The van der Waals surface area contributed by atoms with Gasteiger partial charge in [0.2, 0.25) is 0 Å². The normalized spacial score (nSPS) is 17.2. The lowest BCUT2D eigenvalue weighted by atomic mass is 10.2. The number of hydrogen-bond donors (Lipinski definition) is 1. The van der Waals surface area contributed by atoms with Crippen molar-refractivity contribution in [3.05, 3.63) is 48.2 Å². The van der Waals surface area contributed by atoms with E-state index in [4.69, 9.17) is 5.41 Å². The first-order valence-electron chi connectivity index (χ1n) is 5.62. The van der Waals surface area contributed by atoms with Crippen LogP contribution in [0.15, 0.2) is 42.6 Å². The summed E-state index contributed by atoms with van der Waals surface area (Å²) < 4.78 is 0.405. The summed E-state index contributed by atoms with van der Waals surface area (Å²) in [6.07, 6.45) is 0. The van der Waals surface area contributed by atoms with Crippen LogP contribution in [0.25, 0.3) is 0 Å². The molecule has 0 aliphatic carbocycles. The lowest BCUT2D eigenvalue weighted by molar-refractivity contribution is 0.215. The Balaban J connectivity index is 1.94. The fourth-order valence-electron chi connectivity index (χ4n) is 2.04. The van der Waals surface area contributed by atoms with Gasteiger partial charge in [0.05, 0.1) is 0 Å². The average Bonchev–Trinajstić information content (AvgIpc) is 2.30. The van der Waals surface area contributed by atoms with Crippen molar-refractivity contribution in [2.45, 2.75) is 6.54 Å². The number of halogens is 1. The number of nitrogens with one attached hydrogen (secondary N) is 1. The van der Waals surface area contributed by atoms with Crippen molar-refractivity contribution in [1.29, 1.82) is 5.41 Å². The molecule has 1 aliphatic heterocycles. The average molecular weight is 294 g/mol. The van der Waals surface area contributed by atoms with Gasteiger partial charge >= 0.3 is 0 Å². The molecule has 1 N–H and O–H groups in total. The van der Waals surface area contributed by atoms with Crippen molar-refractivity contribution in [1.82, 2.24) is 9.80 Å². The van der Waals surface area contributed by atoms with Crippen molar-refractivity contribution >= 4 is 20.7 Å². The molecule has 0 atom stereocenters. The van der Waals surface area contributed by atoms with E-state index >= 15 is 0 Å². The predicted molar refractivity (Wildman–Crippen MR) is 74.2 cm³/mol. The summed E-state index contributed by atoms with van der Waals surface area (Å²) in [6, 6.07) is 10.4. The van der Waals surface area contributed by atoms with Crippen LogP contribution in [-0.4, -0.2) is 34.2 Å². The number of amidine groups is 1. The zero-order chi connectivity index (χ0) is 12.3. The fraction of sp³-hybridized carbons (Fsp3) is 0.308. The summed E-state index contributed by atoms with van der Waals surface area (Å²) in [5.41, 5.74) is 2.30. The van der Waals surface area contributed by atoms with E-state index in [2.05, 4.69) is 51.7 Å². The Morgan fingerprint density at radius 1 is 1.29 bits per heavy atom. The molecule has 90 valence electrons. The minimum absolute atomic E-state index is 0.405. The standard InChI is InChI=1S/C13H16BrN3/c1-11-9-16(7-8-17(11)13(14)15)10-12-5-3-2-4-6-12/h2-6,15H,1,7-10H2. The van der Waals surface area contributed by atoms with E-state index < -0.39 is 0 Å². The summed E-state index contributed by atoms with van der Waals surface area (Å²) in [5, 5.41) is 7.57. The van der Waals surface area contributed by atoms with Crippen molar-refractivity contribution < 1.29 is 0 Å². The Morgan fingerprint density at radius 2 is 2.00 bits per heavy atom. The number of piperazine rings is 1. The van der Waals surface area contributed by atoms with Gasteiger partial charge in [-0.1, -0.05) is 36.9 Å². The van der Waals surface area contributed by atoms with Gasteiger partial charge in [-0.25, -0.2) is 0 Å². The van der Waals surface area contributed by atoms with E-state index in [0.29, 0.717) is 4.74 Å². The molecule has 1 aromatic rings. The Hall–Kier alpha value is -1.13. The van der Waals surface area contributed by atoms with Crippen LogP contribution in [0.1, 0.15) is 5.56 Å². The van der Waals surface area contributed by atoms with Crippen molar-refractivity contribution in [2.24, 2.45) is 0 Å². The van der Waals surface area contributed by atoms with E-state index in [1.807, 2.05) is 11.0 Å². The lowest BCUT2D eigenvalue weighted by Crippen LogP contribution is -2.44. The quantitative estimate of drug-likeness (QED) is 0.516. The highest BCUT2D eigenvalue weighted by Gasteiger charge is 2.21. The molecule has 1 saturated heterocycles. The van der Waals surface area contributed by atoms with Crippen LogP contribution in [0.3, 0.4) is 0 Å². The molecular formula is C13H16BrN3. The minimum atomic E-state index is 0.405. The molecule has 1 fully saturated rings. The summed E-state index contributed by atoms with van der Waals surface area (Å²) in [7, 11) is 0. The summed E-state index contributed by atoms with van der Waals surface area (Å²) >= 11 is 3.19. The lowest BCUT2D eigenvalue weighted by Gasteiger charge is -2.36. The fourth-order valence-corrected chi connectivity index (χ4v) is 2.46. The predicted octanol–water partition coefficient (Wildman–Crippen LogP) is 2.65. The molecule has 0 aromatic heterocycles. The Bertz CT molecular complexity index is 416. The summed E-state index contributed by atoms with van der Waals surface area (Å²) in [5.74, 6) is 0. The monoisotopic (exact) mass is 293 g/mol. The molecule has 0 saturated carbocycles. The third kappa shape index (κ3) is 3.17. The van der Waals surface area contributed by atoms with Crippen LogP contribution in [-0.2, 0) is 6.54 Å². The Labute approximate surface area is 110 Å². The van der Waals surface area contributed by atoms with Gasteiger partial charge < -0.3 is 4.90 Å². The van der Waals surface area contributed by atoms with E-state index in [0.717, 1.165) is 31.9 Å². The van der Waals surface area contributed by atoms with Crippen molar-refractivity contribution in [2.75, 3.05) is 19.6 Å². The second kappa shape index (κ2) is 5.47. The molecule has 1 aliphatic rings. The number of hydrogen-bond acceptors (Lipinski definition) is 2. The maximum absolute atomic E-state index is 7.57. The highest BCUT2D eigenvalue weighted by Crippen LogP contribution is 2.16. The zero-order valence-corrected chi connectivity index (χ0v) is 11.3. The van der Waals surface area contributed by atoms with Gasteiger partial charge in [-0.15, -0.1) is 0 Å². The van der Waals surface area contributed by atoms with Crippen LogP contribution in [0.4, 0.5) is 0 Å². The maximum atomic E-state index is 7.57. The molecular weight excluding hydrogens is 278 g/mol. The summed E-state index contributed by atoms with van der Waals surface area (Å²) in [4.78, 5) is 4.26. The van der Waals surface area contributed by atoms with Crippen molar-refractivity contribution in [3.63, 3.8) is 0 Å². The van der Waals surface area contributed by atoms with Gasteiger partial charge in [0.15, 0.2) is 4.74 Å². The molecule has 17 heavy (non-hydrogen) atoms. The molecule has 1 heterocycles. The SMILES string of the molecule is C=C1CN(Cc2ccccc2)CCN1C(=N)Br. The van der Waals surface area contributed by atoms with E-state index in [-0.39, 0.29) is 0 Å². The van der Waals surface area contributed by atoms with Crippen molar-refractivity contribution in [3.8, 4) is 0 Å². The molecule has 2 rings (SSSR count).